The van der Waals surface area contributed by atoms with E-state index in [1.165, 1.54) is 0 Å². The van der Waals surface area contributed by atoms with Crippen molar-refractivity contribution in [1.29, 1.82) is 0 Å². The highest BCUT2D eigenvalue weighted by Gasteiger charge is 2.25. The van der Waals surface area contributed by atoms with Gasteiger partial charge >= 0.3 is 0 Å². The molecule has 5 heteroatoms. The zero-order valence-electron chi connectivity index (χ0n) is 11.5. The van der Waals surface area contributed by atoms with E-state index >= 15 is 0 Å². The summed E-state index contributed by atoms with van der Waals surface area (Å²) in [5.41, 5.74) is 5.97. The van der Waals surface area contributed by atoms with Crippen molar-refractivity contribution in [3.8, 4) is 0 Å². The summed E-state index contributed by atoms with van der Waals surface area (Å²) in [6, 6.07) is 0.0251. The summed E-state index contributed by atoms with van der Waals surface area (Å²) in [5.74, 6) is 1.97. The maximum Gasteiger partial charge on any atom is 0.231 e. The molecule has 2 unspecified atom stereocenters. The van der Waals surface area contributed by atoms with Crippen molar-refractivity contribution >= 4 is 0 Å². The van der Waals surface area contributed by atoms with Crippen LogP contribution in [0, 0.1) is 5.92 Å². The highest BCUT2D eigenvalue weighted by Crippen LogP contribution is 2.25. The van der Waals surface area contributed by atoms with Gasteiger partial charge in [0, 0.05) is 19.0 Å². The lowest BCUT2D eigenvalue weighted by atomic mass is 9.90. The van der Waals surface area contributed by atoms with Crippen LogP contribution in [0.2, 0.25) is 0 Å². The van der Waals surface area contributed by atoms with Crippen LogP contribution in [-0.4, -0.2) is 41.7 Å². The van der Waals surface area contributed by atoms with E-state index in [2.05, 4.69) is 28.9 Å². The van der Waals surface area contributed by atoms with Crippen LogP contribution >= 0.6 is 0 Å². The van der Waals surface area contributed by atoms with Crippen molar-refractivity contribution in [3.63, 3.8) is 0 Å². The fraction of sp³-hybridized carbons (Fsp3) is 0.833. The third-order valence-corrected chi connectivity index (χ3v) is 2.84. The first-order valence-corrected chi connectivity index (χ1v) is 6.14. The Morgan fingerprint density at radius 3 is 2.41 bits per heavy atom. The third kappa shape index (κ3) is 4.09. The molecular formula is C12H24N4O. The Morgan fingerprint density at radius 1 is 1.29 bits per heavy atom. The van der Waals surface area contributed by atoms with Crippen LogP contribution in [0.1, 0.15) is 38.4 Å². The minimum absolute atomic E-state index is 0.0251. The van der Waals surface area contributed by atoms with E-state index in [0.29, 0.717) is 11.8 Å². The normalized spacial score (nSPS) is 15.5. The van der Waals surface area contributed by atoms with Crippen LogP contribution < -0.4 is 5.73 Å². The summed E-state index contributed by atoms with van der Waals surface area (Å²) in [7, 11) is 4.06. The molecule has 0 aliphatic heterocycles. The Labute approximate surface area is 103 Å². The van der Waals surface area contributed by atoms with Gasteiger partial charge in [-0.15, -0.1) is 0 Å². The van der Waals surface area contributed by atoms with Gasteiger partial charge in [-0.2, -0.15) is 4.98 Å². The summed E-state index contributed by atoms with van der Waals surface area (Å²) in [5, 5.41) is 4.01. The molecule has 0 saturated heterocycles. The van der Waals surface area contributed by atoms with Crippen LogP contribution in [0.4, 0.5) is 0 Å². The van der Waals surface area contributed by atoms with Gasteiger partial charge in [0.25, 0.3) is 0 Å². The molecule has 5 nitrogen and oxygen atoms in total. The maximum atomic E-state index is 5.97. The average Bonchev–Trinajstić information content (AvgIpc) is 2.62. The molecule has 17 heavy (non-hydrogen) atoms. The van der Waals surface area contributed by atoms with Crippen molar-refractivity contribution in [3.05, 3.63) is 11.7 Å². The number of nitrogens with zero attached hydrogens (tertiary/aromatic N) is 3. The Kier molecular flexibility index (Phi) is 5.08. The van der Waals surface area contributed by atoms with Gasteiger partial charge in [0.15, 0.2) is 5.82 Å². The van der Waals surface area contributed by atoms with Gasteiger partial charge in [0.2, 0.25) is 5.89 Å². The fourth-order valence-corrected chi connectivity index (χ4v) is 1.95. The van der Waals surface area contributed by atoms with Gasteiger partial charge < -0.3 is 15.2 Å². The van der Waals surface area contributed by atoms with Gasteiger partial charge in [0.05, 0.1) is 5.92 Å². The summed E-state index contributed by atoms with van der Waals surface area (Å²) >= 11 is 0. The van der Waals surface area contributed by atoms with Gasteiger partial charge in [0.1, 0.15) is 0 Å². The minimum atomic E-state index is 0.0251. The van der Waals surface area contributed by atoms with Crippen LogP contribution in [0.15, 0.2) is 4.52 Å². The molecule has 0 radical (unpaired) electrons. The molecule has 0 amide bonds. The van der Waals surface area contributed by atoms with E-state index in [4.69, 9.17) is 10.3 Å². The molecule has 0 aliphatic carbocycles. The topological polar surface area (TPSA) is 68.2 Å². The SMILES string of the molecule is CC(C)C(c1nc(CCN(C)C)no1)C(C)N. The van der Waals surface area contributed by atoms with Gasteiger partial charge in [-0.25, -0.2) is 0 Å². The van der Waals surface area contributed by atoms with E-state index in [1.807, 2.05) is 21.0 Å². The highest BCUT2D eigenvalue weighted by atomic mass is 16.5. The first-order valence-electron chi connectivity index (χ1n) is 6.14. The Balaban J connectivity index is 2.71. The second-order valence-electron chi connectivity index (χ2n) is 5.23. The molecule has 0 aliphatic rings. The lowest BCUT2D eigenvalue weighted by Gasteiger charge is -2.20. The minimum Gasteiger partial charge on any atom is -0.339 e. The number of rotatable bonds is 6. The summed E-state index contributed by atoms with van der Waals surface area (Å²) in [6.45, 7) is 7.15. The summed E-state index contributed by atoms with van der Waals surface area (Å²) in [4.78, 5) is 6.54. The maximum absolute atomic E-state index is 5.97. The lowest BCUT2D eigenvalue weighted by molar-refractivity contribution is 0.298. The Bertz CT molecular complexity index is 325. The largest absolute Gasteiger partial charge is 0.339 e. The molecule has 1 heterocycles. The van der Waals surface area contributed by atoms with E-state index < -0.39 is 0 Å². The second-order valence-corrected chi connectivity index (χ2v) is 5.23. The van der Waals surface area contributed by atoms with E-state index in [-0.39, 0.29) is 12.0 Å². The van der Waals surface area contributed by atoms with Crippen molar-refractivity contribution in [2.45, 2.75) is 39.2 Å². The van der Waals surface area contributed by atoms with Crippen LogP contribution in [0.3, 0.4) is 0 Å². The van der Waals surface area contributed by atoms with Crippen LogP contribution in [0.5, 0.6) is 0 Å². The molecule has 2 N–H and O–H groups in total. The molecule has 0 fully saturated rings. The monoisotopic (exact) mass is 240 g/mol. The highest BCUT2D eigenvalue weighted by molar-refractivity contribution is 4.99. The predicted molar refractivity (Wildman–Crippen MR) is 67.8 cm³/mol. The van der Waals surface area contributed by atoms with Crippen LogP contribution in [0.25, 0.3) is 0 Å². The molecule has 1 rings (SSSR count). The molecule has 98 valence electrons. The standard InChI is InChI=1S/C12H24N4O/c1-8(2)11(9(3)13)12-14-10(15-17-12)6-7-16(4)5/h8-9,11H,6-7,13H2,1-5H3. The zero-order chi connectivity index (χ0) is 13.0. The van der Waals surface area contributed by atoms with Crippen molar-refractivity contribution < 1.29 is 4.52 Å². The van der Waals surface area contributed by atoms with Crippen molar-refractivity contribution in [2.24, 2.45) is 11.7 Å². The van der Waals surface area contributed by atoms with E-state index in [9.17, 15) is 0 Å². The average molecular weight is 240 g/mol. The third-order valence-electron chi connectivity index (χ3n) is 2.84. The molecule has 2 atom stereocenters. The number of hydrogen-bond acceptors (Lipinski definition) is 5. The zero-order valence-corrected chi connectivity index (χ0v) is 11.5. The molecular weight excluding hydrogens is 216 g/mol. The molecule has 0 saturated carbocycles. The molecule has 0 spiro atoms. The number of likely N-dealkylation sites (N-methyl/N-ethyl adjacent to an activating group) is 1. The quantitative estimate of drug-likeness (QED) is 0.810. The summed E-state index contributed by atoms with van der Waals surface area (Å²) < 4.78 is 5.32. The molecule has 0 aromatic carbocycles. The van der Waals surface area contributed by atoms with Crippen molar-refractivity contribution in [2.75, 3.05) is 20.6 Å². The summed E-state index contributed by atoms with van der Waals surface area (Å²) in [6.07, 6.45) is 0.806. The van der Waals surface area contributed by atoms with Gasteiger partial charge in [-0.1, -0.05) is 19.0 Å². The van der Waals surface area contributed by atoms with E-state index in [1.54, 1.807) is 0 Å². The van der Waals surface area contributed by atoms with Gasteiger partial charge in [-0.05, 0) is 26.9 Å². The number of aromatic nitrogens is 2. The second kappa shape index (κ2) is 6.12. The van der Waals surface area contributed by atoms with Crippen LogP contribution in [-0.2, 0) is 6.42 Å². The smallest absolute Gasteiger partial charge is 0.231 e. The molecule has 0 bridgehead atoms. The van der Waals surface area contributed by atoms with E-state index in [0.717, 1.165) is 18.8 Å². The molecule has 1 aromatic rings. The first-order chi connectivity index (χ1) is 7.91. The predicted octanol–water partition coefficient (Wildman–Crippen LogP) is 1.26. The number of nitrogens with two attached hydrogens (primary N) is 1. The van der Waals surface area contributed by atoms with Gasteiger partial charge in [-0.3, -0.25) is 0 Å². The number of hydrogen-bond donors (Lipinski definition) is 1. The Hall–Kier alpha value is -0.940. The van der Waals surface area contributed by atoms with Crippen molar-refractivity contribution in [1.82, 2.24) is 15.0 Å². The Morgan fingerprint density at radius 2 is 1.94 bits per heavy atom. The molecule has 1 aromatic heterocycles. The lowest BCUT2D eigenvalue weighted by Crippen LogP contribution is -2.28. The first kappa shape index (κ1) is 14.1. The fourth-order valence-electron chi connectivity index (χ4n) is 1.95.